The number of ether oxygens (including phenoxy) is 1. The van der Waals surface area contributed by atoms with Gasteiger partial charge in [-0.25, -0.2) is 9.37 Å². The maximum absolute atomic E-state index is 13.7. The standard InChI is InChI=1S/C18H19FN2O2/c19-11-1-2-12-13(7-11)15-9-20-10-21(15)16(12)14-8-18(17(14)22)3-5-23-6-4-18/h1-2,7,9-10,14,16-17,22H,3-6,8H2/t14-,16+,17+/m0/s1. The normalized spacial score (nSPS) is 30.8. The van der Waals surface area contributed by atoms with E-state index in [9.17, 15) is 9.50 Å². The Labute approximate surface area is 133 Å². The molecule has 1 aliphatic carbocycles. The molecule has 0 radical (unpaired) electrons. The molecule has 4 nitrogen and oxygen atoms in total. The molecule has 3 heterocycles. The van der Waals surface area contributed by atoms with Gasteiger partial charge in [-0.3, -0.25) is 0 Å². The zero-order valence-corrected chi connectivity index (χ0v) is 12.8. The fraction of sp³-hybridized carbons (Fsp3) is 0.500. The molecular weight excluding hydrogens is 295 g/mol. The number of aliphatic hydroxyl groups excluding tert-OH is 1. The third-order valence-electron chi connectivity index (χ3n) is 6.15. The zero-order valence-electron chi connectivity index (χ0n) is 12.8. The first-order chi connectivity index (χ1) is 11.2. The van der Waals surface area contributed by atoms with Crippen LogP contribution < -0.4 is 0 Å². The third-order valence-corrected chi connectivity index (χ3v) is 6.15. The minimum absolute atomic E-state index is 0.0203. The molecule has 3 aliphatic rings. The molecule has 2 aliphatic heterocycles. The molecule has 5 heteroatoms. The van der Waals surface area contributed by atoms with Gasteiger partial charge >= 0.3 is 0 Å². The summed E-state index contributed by atoms with van der Waals surface area (Å²) in [6, 6.07) is 5.02. The van der Waals surface area contributed by atoms with Gasteiger partial charge in [-0.15, -0.1) is 0 Å². The maximum atomic E-state index is 13.7. The fourth-order valence-corrected chi connectivity index (χ4v) is 4.89. The number of imidazole rings is 1. The maximum Gasteiger partial charge on any atom is 0.123 e. The first kappa shape index (κ1) is 13.7. The van der Waals surface area contributed by atoms with E-state index in [0.29, 0.717) is 0 Å². The van der Waals surface area contributed by atoms with Crippen molar-refractivity contribution in [3.8, 4) is 11.3 Å². The van der Waals surface area contributed by atoms with E-state index in [2.05, 4.69) is 9.55 Å². The van der Waals surface area contributed by atoms with Gasteiger partial charge in [-0.1, -0.05) is 6.07 Å². The first-order valence-corrected chi connectivity index (χ1v) is 8.27. The molecule has 5 rings (SSSR count). The Bertz CT molecular complexity index is 766. The fourth-order valence-electron chi connectivity index (χ4n) is 4.89. The minimum Gasteiger partial charge on any atom is -0.392 e. The van der Waals surface area contributed by atoms with E-state index < -0.39 is 0 Å². The van der Waals surface area contributed by atoms with Gasteiger partial charge in [0, 0.05) is 30.1 Å². The lowest BCUT2D eigenvalue weighted by Crippen LogP contribution is -2.57. The molecular formula is C18H19FN2O2. The smallest absolute Gasteiger partial charge is 0.123 e. The summed E-state index contributed by atoms with van der Waals surface area (Å²) in [6.45, 7) is 1.49. The van der Waals surface area contributed by atoms with E-state index >= 15 is 0 Å². The number of rotatable bonds is 1. The summed E-state index contributed by atoms with van der Waals surface area (Å²) in [4.78, 5) is 4.23. The Morgan fingerprint density at radius 1 is 1.30 bits per heavy atom. The summed E-state index contributed by atoms with van der Waals surface area (Å²) in [5, 5.41) is 10.9. The monoisotopic (exact) mass is 314 g/mol. The lowest BCUT2D eigenvalue weighted by atomic mass is 9.53. The summed E-state index contributed by atoms with van der Waals surface area (Å²) < 4.78 is 21.2. The van der Waals surface area contributed by atoms with E-state index in [1.54, 1.807) is 18.6 Å². The Hall–Kier alpha value is -1.72. The summed E-state index contributed by atoms with van der Waals surface area (Å²) in [5.74, 6) is -0.0695. The quantitative estimate of drug-likeness (QED) is 0.880. The van der Waals surface area contributed by atoms with Crippen molar-refractivity contribution < 1.29 is 14.2 Å². The van der Waals surface area contributed by atoms with Gasteiger partial charge in [0.2, 0.25) is 0 Å². The van der Waals surface area contributed by atoms with Crippen LogP contribution in [0.5, 0.6) is 0 Å². The highest BCUT2D eigenvalue weighted by molar-refractivity contribution is 5.69. The van der Waals surface area contributed by atoms with Crippen LogP contribution in [-0.4, -0.2) is 34.0 Å². The second-order valence-electron chi connectivity index (χ2n) is 7.15. The molecule has 3 atom stereocenters. The molecule has 0 unspecified atom stereocenters. The minimum atomic E-state index is -0.331. The highest BCUT2D eigenvalue weighted by Gasteiger charge is 2.57. The number of nitrogens with zero attached hydrogens (tertiary/aromatic N) is 2. The van der Waals surface area contributed by atoms with Crippen molar-refractivity contribution in [3.63, 3.8) is 0 Å². The lowest BCUT2D eigenvalue weighted by molar-refractivity contribution is -0.173. The van der Waals surface area contributed by atoms with Gasteiger partial charge in [0.05, 0.1) is 30.4 Å². The van der Waals surface area contributed by atoms with Crippen LogP contribution in [0.1, 0.15) is 30.9 Å². The Morgan fingerprint density at radius 2 is 2.13 bits per heavy atom. The van der Waals surface area contributed by atoms with Crippen molar-refractivity contribution in [2.24, 2.45) is 11.3 Å². The summed E-state index contributed by atoms with van der Waals surface area (Å²) in [7, 11) is 0. The van der Waals surface area contributed by atoms with Crippen molar-refractivity contribution in [1.29, 1.82) is 0 Å². The van der Waals surface area contributed by atoms with Crippen LogP contribution in [0.2, 0.25) is 0 Å². The SMILES string of the molecule is O[C@@H]1[C@H]([C@H]2c3ccc(F)cc3-c3cncn32)CC12CCOCC2. The van der Waals surface area contributed by atoms with Gasteiger partial charge in [0.1, 0.15) is 5.82 Å². The third kappa shape index (κ3) is 1.75. The van der Waals surface area contributed by atoms with Crippen molar-refractivity contribution in [2.75, 3.05) is 13.2 Å². The van der Waals surface area contributed by atoms with E-state index in [4.69, 9.17) is 4.74 Å². The van der Waals surface area contributed by atoms with E-state index in [-0.39, 0.29) is 29.3 Å². The van der Waals surface area contributed by atoms with Crippen molar-refractivity contribution in [1.82, 2.24) is 9.55 Å². The molecule has 1 aromatic carbocycles. The van der Waals surface area contributed by atoms with E-state index in [0.717, 1.165) is 49.3 Å². The number of halogens is 1. The molecule has 23 heavy (non-hydrogen) atoms. The highest BCUT2D eigenvalue weighted by Crippen LogP contribution is 2.59. The largest absolute Gasteiger partial charge is 0.392 e. The predicted octanol–water partition coefficient (Wildman–Crippen LogP) is 2.77. The molecule has 2 fully saturated rings. The number of benzene rings is 1. The van der Waals surface area contributed by atoms with Gasteiger partial charge in [-0.2, -0.15) is 0 Å². The zero-order chi connectivity index (χ0) is 15.6. The van der Waals surface area contributed by atoms with E-state index in [1.165, 1.54) is 6.07 Å². The number of hydrogen-bond acceptors (Lipinski definition) is 3. The average Bonchev–Trinajstić information content (AvgIpc) is 3.15. The molecule has 0 bridgehead atoms. The van der Waals surface area contributed by atoms with Crippen molar-refractivity contribution >= 4 is 0 Å². The second-order valence-corrected chi connectivity index (χ2v) is 7.15. The van der Waals surface area contributed by atoms with E-state index in [1.807, 2.05) is 6.07 Å². The van der Waals surface area contributed by atoms with Crippen LogP contribution in [0.15, 0.2) is 30.7 Å². The molecule has 1 saturated heterocycles. The second kappa shape index (κ2) is 4.65. The van der Waals surface area contributed by atoms with Gasteiger partial charge in [0.25, 0.3) is 0 Å². The lowest BCUT2D eigenvalue weighted by Gasteiger charge is -2.56. The molecule has 1 spiro atoms. The molecule has 1 saturated carbocycles. The van der Waals surface area contributed by atoms with Crippen LogP contribution in [0.3, 0.4) is 0 Å². The summed E-state index contributed by atoms with van der Waals surface area (Å²) in [5.41, 5.74) is 2.99. The van der Waals surface area contributed by atoms with Crippen molar-refractivity contribution in [2.45, 2.75) is 31.4 Å². The first-order valence-electron chi connectivity index (χ1n) is 8.27. The molecule has 1 N–H and O–H groups in total. The molecule has 2 aromatic rings. The number of aromatic nitrogens is 2. The van der Waals surface area contributed by atoms with Gasteiger partial charge < -0.3 is 14.4 Å². The Morgan fingerprint density at radius 3 is 2.91 bits per heavy atom. The molecule has 0 amide bonds. The van der Waals surface area contributed by atoms with Gasteiger partial charge in [-0.05, 0) is 37.0 Å². The molecule has 120 valence electrons. The van der Waals surface area contributed by atoms with Crippen LogP contribution in [-0.2, 0) is 4.74 Å². The number of aliphatic hydroxyl groups is 1. The average molecular weight is 314 g/mol. The predicted molar refractivity (Wildman–Crippen MR) is 82.4 cm³/mol. The van der Waals surface area contributed by atoms with Crippen LogP contribution in [0.4, 0.5) is 4.39 Å². The van der Waals surface area contributed by atoms with Crippen LogP contribution >= 0.6 is 0 Å². The number of hydrogen-bond donors (Lipinski definition) is 1. The van der Waals surface area contributed by atoms with Gasteiger partial charge in [0.15, 0.2) is 0 Å². The Balaban J connectivity index is 1.53. The number of fused-ring (bicyclic) bond motifs is 3. The summed E-state index contributed by atoms with van der Waals surface area (Å²) in [6.07, 6.45) is 6.13. The van der Waals surface area contributed by atoms with Crippen LogP contribution in [0, 0.1) is 17.2 Å². The molecule has 1 aromatic heterocycles. The summed E-state index contributed by atoms with van der Waals surface area (Å²) >= 11 is 0. The topological polar surface area (TPSA) is 47.3 Å². The highest BCUT2D eigenvalue weighted by atomic mass is 19.1. The van der Waals surface area contributed by atoms with Crippen LogP contribution in [0.25, 0.3) is 11.3 Å². The van der Waals surface area contributed by atoms with Crippen molar-refractivity contribution in [3.05, 3.63) is 42.1 Å². The Kier molecular flexibility index (Phi) is 2.77.